The summed E-state index contributed by atoms with van der Waals surface area (Å²) >= 11 is 1.44. The fraction of sp³-hybridized carbons (Fsp3) is 0.467. The molecule has 0 spiro atoms. The fourth-order valence-corrected chi connectivity index (χ4v) is 7.34. The van der Waals surface area contributed by atoms with E-state index in [-0.39, 0.29) is 63.4 Å². The Morgan fingerprint density at radius 2 is 1.13 bits per heavy atom. The van der Waals surface area contributed by atoms with Crippen molar-refractivity contribution in [2.45, 2.75) is 108 Å². The summed E-state index contributed by atoms with van der Waals surface area (Å²) in [5, 5.41) is 25.6. The SMILES string of the molecule is CSCC[C@H](NC(=O)[C@@H](N)Cc1cnc[nH]1)C(=O)N[C@@H](CCCN=C(N)N)C(=O)N[C@@H](CC(C)C)C(=O)N[C@@H](Cc1ccccc1)C(=O)N[C@@H](Cc1ccccc1)C(=O)N[C@@H](CC(N)=O)C(=O)O. The molecule has 370 valence electrons. The number of aliphatic imine (C=N–C) groups is 1. The largest absolute Gasteiger partial charge is 0.480 e. The number of aromatic nitrogens is 2. The Kier molecular flexibility index (Phi) is 23.5. The monoisotopic (exact) mass is 963 g/mol. The second kappa shape index (κ2) is 28.9. The first-order valence-electron chi connectivity index (χ1n) is 22.0. The molecule has 0 unspecified atom stereocenters. The van der Waals surface area contributed by atoms with Crippen LogP contribution in [0.3, 0.4) is 0 Å². The van der Waals surface area contributed by atoms with Gasteiger partial charge in [-0.1, -0.05) is 74.5 Å². The number of nitrogens with zero attached hydrogens (tertiary/aromatic N) is 2. The molecular formula is C45H65N13O9S. The molecule has 0 aliphatic carbocycles. The van der Waals surface area contributed by atoms with Gasteiger partial charge in [0.2, 0.25) is 41.4 Å². The summed E-state index contributed by atoms with van der Waals surface area (Å²) in [6.45, 7) is 3.75. The number of amides is 7. The van der Waals surface area contributed by atoms with Gasteiger partial charge in [-0.2, -0.15) is 11.8 Å². The van der Waals surface area contributed by atoms with Crippen molar-refractivity contribution < 1.29 is 43.5 Å². The molecular weight excluding hydrogens is 899 g/mol. The average Bonchev–Trinajstić information content (AvgIpc) is 3.80. The fourth-order valence-electron chi connectivity index (χ4n) is 6.87. The van der Waals surface area contributed by atoms with Crippen LogP contribution < -0.4 is 54.8 Å². The second-order valence-electron chi connectivity index (χ2n) is 16.5. The number of nitrogens with one attached hydrogen (secondary N) is 7. The molecule has 68 heavy (non-hydrogen) atoms. The van der Waals surface area contributed by atoms with Crippen molar-refractivity contribution in [2.24, 2.45) is 33.8 Å². The summed E-state index contributed by atoms with van der Waals surface area (Å²) < 4.78 is 0. The predicted molar refractivity (Wildman–Crippen MR) is 256 cm³/mol. The van der Waals surface area contributed by atoms with E-state index in [9.17, 15) is 43.5 Å². The van der Waals surface area contributed by atoms with Gasteiger partial charge in [-0.15, -0.1) is 0 Å². The van der Waals surface area contributed by atoms with Crippen molar-refractivity contribution in [3.05, 3.63) is 90.0 Å². The third-order valence-corrected chi connectivity index (χ3v) is 11.0. The molecule has 0 radical (unpaired) electrons. The number of carbonyl (C=O) groups is 8. The Bertz CT molecular complexity index is 2140. The van der Waals surface area contributed by atoms with Crippen LogP contribution in [0.15, 0.2) is 78.2 Å². The van der Waals surface area contributed by atoms with Gasteiger partial charge in [0.25, 0.3) is 0 Å². The average molecular weight is 964 g/mol. The van der Waals surface area contributed by atoms with Crippen molar-refractivity contribution in [3.63, 3.8) is 0 Å². The topological polar surface area (TPSA) is 374 Å². The number of nitrogens with two attached hydrogens (primary N) is 4. The summed E-state index contributed by atoms with van der Waals surface area (Å²) in [6.07, 6.45) is 4.58. The molecule has 1 heterocycles. The van der Waals surface area contributed by atoms with Crippen molar-refractivity contribution >= 4 is 65.0 Å². The van der Waals surface area contributed by atoms with Gasteiger partial charge in [-0.05, 0) is 54.7 Å². The zero-order valence-corrected chi connectivity index (χ0v) is 39.3. The molecule has 16 N–H and O–H groups in total. The van der Waals surface area contributed by atoms with E-state index in [4.69, 9.17) is 22.9 Å². The van der Waals surface area contributed by atoms with Gasteiger partial charge >= 0.3 is 5.97 Å². The molecule has 7 amide bonds. The van der Waals surface area contributed by atoms with Crippen molar-refractivity contribution in [2.75, 3.05) is 18.6 Å². The maximum Gasteiger partial charge on any atom is 0.326 e. The Balaban J connectivity index is 1.92. The van der Waals surface area contributed by atoms with E-state index in [1.807, 2.05) is 20.1 Å². The maximum atomic E-state index is 14.4. The molecule has 0 aliphatic heterocycles. The van der Waals surface area contributed by atoms with Crippen LogP contribution in [-0.2, 0) is 57.6 Å². The van der Waals surface area contributed by atoms with Crippen LogP contribution in [0.1, 0.15) is 62.8 Å². The quantitative estimate of drug-likeness (QED) is 0.0205. The van der Waals surface area contributed by atoms with Crippen LogP contribution in [0.5, 0.6) is 0 Å². The van der Waals surface area contributed by atoms with Gasteiger partial charge in [0.1, 0.15) is 36.3 Å². The molecule has 2 aromatic carbocycles. The van der Waals surface area contributed by atoms with E-state index in [0.29, 0.717) is 22.6 Å². The molecule has 3 aromatic rings. The number of hydrogen-bond donors (Lipinski definition) is 12. The van der Waals surface area contributed by atoms with E-state index in [2.05, 4.69) is 46.9 Å². The normalized spacial score (nSPS) is 14.1. The highest BCUT2D eigenvalue weighted by Crippen LogP contribution is 2.12. The summed E-state index contributed by atoms with van der Waals surface area (Å²) in [5.41, 5.74) is 24.3. The van der Waals surface area contributed by atoms with Gasteiger partial charge in [0.05, 0.1) is 18.8 Å². The van der Waals surface area contributed by atoms with Gasteiger partial charge in [0.15, 0.2) is 5.96 Å². The summed E-state index contributed by atoms with van der Waals surface area (Å²) in [6, 6.07) is 8.21. The van der Waals surface area contributed by atoms with E-state index in [1.165, 1.54) is 24.3 Å². The van der Waals surface area contributed by atoms with Crippen LogP contribution in [0.4, 0.5) is 0 Å². The van der Waals surface area contributed by atoms with E-state index in [1.54, 1.807) is 60.7 Å². The van der Waals surface area contributed by atoms with Crippen LogP contribution in [-0.4, -0.2) is 129 Å². The first kappa shape index (κ1) is 55.3. The predicted octanol–water partition coefficient (Wildman–Crippen LogP) is -1.51. The number of aromatic amines is 1. The number of carbonyl (C=O) groups excluding carboxylic acids is 7. The Labute approximate surface area is 399 Å². The zero-order valence-electron chi connectivity index (χ0n) is 38.4. The molecule has 22 nitrogen and oxygen atoms in total. The van der Waals surface area contributed by atoms with Crippen molar-refractivity contribution in [3.8, 4) is 0 Å². The highest BCUT2D eigenvalue weighted by molar-refractivity contribution is 7.98. The summed E-state index contributed by atoms with van der Waals surface area (Å²) in [4.78, 5) is 118. The standard InChI is InChI=1S/C45H65N13O9S/c1-26(2)19-33(55-39(61)31(15-10-17-51-45(48)49)54-40(62)32(16-18-68-3)53-38(60)30(46)22-29-24-50-25-52-29)41(63)56-34(20-27-11-6-4-7-12-27)42(64)57-35(21-28-13-8-5-9-14-28)43(65)58-36(44(66)67)23-37(47)59/h4-9,11-14,24-26,30-36H,10,15-23,46H2,1-3H3,(H2,47,59)(H,50,52)(H,53,60)(H,54,62)(H,55,61)(H,56,63)(H,57,64)(H,58,65)(H,66,67)(H4,48,49,51)/t30-,31-,32-,33-,34-,35-,36-/m0/s1. The number of primary amides is 1. The van der Waals surface area contributed by atoms with Crippen LogP contribution in [0.25, 0.3) is 0 Å². The summed E-state index contributed by atoms with van der Waals surface area (Å²) in [7, 11) is 0. The number of carboxylic acid groups (broad SMARTS) is 1. The number of carboxylic acids is 1. The summed E-state index contributed by atoms with van der Waals surface area (Å²) in [5.74, 6) is -6.91. The molecule has 0 saturated carbocycles. The lowest BCUT2D eigenvalue weighted by molar-refractivity contribution is -0.143. The lowest BCUT2D eigenvalue weighted by Gasteiger charge is -2.28. The molecule has 1 aromatic heterocycles. The second-order valence-corrected chi connectivity index (χ2v) is 17.5. The molecule has 7 atom stereocenters. The smallest absolute Gasteiger partial charge is 0.326 e. The zero-order chi connectivity index (χ0) is 50.2. The van der Waals surface area contributed by atoms with E-state index >= 15 is 0 Å². The number of rotatable bonds is 30. The minimum absolute atomic E-state index is 0.0129. The van der Waals surface area contributed by atoms with Crippen molar-refractivity contribution in [1.29, 1.82) is 0 Å². The molecule has 0 aliphatic rings. The molecule has 23 heteroatoms. The maximum absolute atomic E-state index is 14.4. The Morgan fingerprint density at radius 3 is 1.60 bits per heavy atom. The number of hydrogen-bond acceptors (Lipinski definition) is 12. The number of thioether (sulfide) groups is 1. The lowest BCUT2D eigenvalue weighted by Crippen LogP contribution is -2.60. The lowest BCUT2D eigenvalue weighted by atomic mass is 9.99. The molecule has 0 saturated heterocycles. The van der Waals surface area contributed by atoms with Crippen LogP contribution in [0, 0.1) is 5.92 Å². The highest BCUT2D eigenvalue weighted by Gasteiger charge is 2.34. The van der Waals surface area contributed by atoms with Gasteiger partial charge in [-0.3, -0.25) is 38.6 Å². The minimum Gasteiger partial charge on any atom is -0.480 e. The van der Waals surface area contributed by atoms with E-state index in [0.717, 1.165) is 0 Å². The molecule has 0 bridgehead atoms. The third-order valence-electron chi connectivity index (χ3n) is 10.3. The number of aliphatic carboxylic acids is 1. The molecule has 0 fully saturated rings. The van der Waals surface area contributed by atoms with Gasteiger partial charge in [0, 0.05) is 37.7 Å². The molecule has 3 rings (SSSR count). The van der Waals surface area contributed by atoms with Gasteiger partial charge in [-0.25, -0.2) is 9.78 Å². The minimum atomic E-state index is -1.69. The number of benzene rings is 2. The number of guanidine groups is 1. The Hall–Kier alpha value is -7.01. The number of H-pyrrole nitrogens is 1. The highest BCUT2D eigenvalue weighted by atomic mass is 32.2. The van der Waals surface area contributed by atoms with Crippen LogP contribution in [0.2, 0.25) is 0 Å². The first-order valence-corrected chi connectivity index (χ1v) is 23.4. The number of imidazole rings is 1. The Morgan fingerprint density at radius 1 is 0.662 bits per heavy atom. The van der Waals surface area contributed by atoms with Crippen molar-refractivity contribution in [1.82, 2.24) is 41.9 Å². The van der Waals surface area contributed by atoms with E-state index < -0.39 is 96.0 Å². The van der Waals surface area contributed by atoms with Gasteiger partial charge < -0.3 is 64.9 Å². The first-order chi connectivity index (χ1) is 32.4. The van der Waals surface area contributed by atoms with Crippen LogP contribution >= 0.6 is 11.8 Å². The third kappa shape index (κ3) is 20.2.